The quantitative estimate of drug-likeness (QED) is 0.754. The van der Waals surface area contributed by atoms with E-state index in [1.165, 1.54) is 0 Å². The number of carbonyl (C=O) groups is 2. The maximum Gasteiger partial charge on any atom is 0.313 e. The number of hydrogen-bond acceptors (Lipinski definition) is 4. The largest absolute Gasteiger partial charge is 0.496 e. The Hall–Kier alpha value is -2.60. The Balaban J connectivity index is 1.70. The molecule has 2 aliphatic rings. The molecular weight excluding hydrogens is 332 g/mol. The van der Waals surface area contributed by atoms with Crippen LogP contribution in [0.15, 0.2) is 43.0 Å². The van der Waals surface area contributed by atoms with Gasteiger partial charge in [0.25, 0.3) is 0 Å². The van der Waals surface area contributed by atoms with Crippen molar-refractivity contribution in [3.63, 3.8) is 0 Å². The van der Waals surface area contributed by atoms with E-state index in [0.717, 1.165) is 11.3 Å². The number of fused-ring (bicyclic) bond motifs is 1. The Morgan fingerprint density at radius 1 is 1.38 bits per heavy atom. The lowest BCUT2D eigenvalue weighted by molar-refractivity contribution is -0.149. The summed E-state index contributed by atoms with van der Waals surface area (Å²) in [5, 5.41) is 9.80. The van der Waals surface area contributed by atoms with Gasteiger partial charge in [-0.05, 0) is 6.07 Å². The van der Waals surface area contributed by atoms with Gasteiger partial charge in [-0.1, -0.05) is 36.4 Å². The van der Waals surface area contributed by atoms with Crippen molar-refractivity contribution in [2.75, 3.05) is 39.8 Å². The van der Waals surface area contributed by atoms with Crippen LogP contribution >= 0.6 is 0 Å². The molecule has 0 radical (unpaired) electrons. The van der Waals surface area contributed by atoms with E-state index >= 15 is 0 Å². The molecule has 0 aromatic heterocycles. The highest BCUT2D eigenvalue weighted by atomic mass is 16.5. The van der Waals surface area contributed by atoms with Crippen LogP contribution in [-0.4, -0.2) is 66.6 Å². The number of nitrogens with zero attached hydrogens (tertiary/aromatic N) is 2. The minimum atomic E-state index is -1.02. The van der Waals surface area contributed by atoms with Crippen molar-refractivity contribution in [2.45, 2.75) is 0 Å². The zero-order chi connectivity index (χ0) is 18.7. The Bertz CT molecular complexity index is 745. The molecule has 2 saturated heterocycles. The SMILES string of the molecule is C=CCN1C[C@@]2(C(=O)O)CN(CC=Cc3ccccc3OC)C[C@H]2C1=O. The van der Waals surface area contributed by atoms with E-state index < -0.39 is 17.3 Å². The molecule has 138 valence electrons. The molecular formula is C20H24N2O4. The number of rotatable bonds is 7. The zero-order valence-electron chi connectivity index (χ0n) is 14.9. The minimum Gasteiger partial charge on any atom is -0.496 e. The van der Waals surface area contributed by atoms with E-state index in [-0.39, 0.29) is 12.5 Å². The maximum absolute atomic E-state index is 12.6. The van der Waals surface area contributed by atoms with E-state index in [4.69, 9.17) is 4.74 Å². The fourth-order valence-electron chi connectivity index (χ4n) is 3.99. The van der Waals surface area contributed by atoms with Crippen molar-refractivity contribution >= 4 is 18.0 Å². The third kappa shape index (κ3) is 3.12. The molecule has 1 aromatic rings. The number of hydrogen-bond donors (Lipinski definition) is 1. The highest BCUT2D eigenvalue weighted by Gasteiger charge is 2.61. The monoisotopic (exact) mass is 356 g/mol. The van der Waals surface area contributed by atoms with Crippen LogP contribution in [0.25, 0.3) is 6.08 Å². The normalized spacial score (nSPS) is 25.7. The molecule has 2 atom stereocenters. The summed E-state index contributed by atoms with van der Waals surface area (Å²) >= 11 is 0. The summed E-state index contributed by atoms with van der Waals surface area (Å²) in [6, 6.07) is 7.71. The van der Waals surface area contributed by atoms with Crippen LogP contribution in [0.3, 0.4) is 0 Å². The first-order chi connectivity index (χ1) is 12.5. The van der Waals surface area contributed by atoms with Crippen molar-refractivity contribution in [1.29, 1.82) is 0 Å². The van der Waals surface area contributed by atoms with Gasteiger partial charge in [0.2, 0.25) is 5.91 Å². The Kier molecular flexibility index (Phi) is 5.13. The molecule has 2 fully saturated rings. The maximum atomic E-state index is 12.6. The van der Waals surface area contributed by atoms with Gasteiger partial charge >= 0.3 is 5.97 Å². The molecule has 2 aliphatic heterocycles. The molecule has 1 N–H and O–H groups in total. The van der Waals surface area contributed by atoms with E-state index in [0.29, 0.717) is 26.2 Å². The molecule has 1 aromatic carbocycles. The van der Waals surface area contributed by atoms with E-state index in [1.54, 1.807) is 18.1 Å². The highest BCUT2D eigenvalue weighted by Crippen LogP contribution is 2.43. The average Bonchev–Trinajstić information content (AvgIpc) is 3.12. The van der Waals surface area contributed by atoms with Gasteiger partial charge in [-0.25, -0.2) is 0 Å². The number of ether oxygens (including phenoxy) is 1. The van der Waals surface area contributed by atoms with Crippen LogP contribution in [0.2, 0.25) is 0 Å². The number of para-hydroxylation sites is 1. The van der Waals surface area contributed by atoms with Crippen LogP contribution in [-0.2, 0) is 9.59 Å². The molecule has 0 unspecified atom stereocenters. The van der Waals surface area contributed by atoms with Crippen LogP contribution < -0.4 is 4.74 Å². The zero-order valence-corrected chi connectivity index (χ0v) is 14.9. The first-order valence-electron chi connectivity index (χ1n) is 8.67. The molecule has 26 heavy (non-hydrogen) atoms. The Morgan fingerprint density at radius 2 is 2.15 bits per heavy atom. The number of carboxylic acids is 1. The first-order valence-corrected chi connectivity index (χ1v) is 8.67. The predicted molar refractivity (Wildman–Crippen MR) is 98.8 cm³/mol. The second-order valence-electron chi connectivity index (χ2n) is 6.86. The van der Waals surface area contributed by atoms with Gasteiger partial charge in [-0.3, -0.25) is 14.5 Å². The highest BCUT2D eigenvalue weighted by molar-refractivity contribution is 5.92. The number of carboxylic acid groups (broad SMARTS) is 1. The minimum absolute atomic E-state index is 0.0801. The third-order valence-electron chi connectivity index (χ3n) is 5.27. The smallest absolute Gasteiger partial charge is 0.313 e. The first kappa shape index (κ1) is 18.2. The van der Waals surface area contributed by atoms with Crippen molar-refractivity contribution < 1.29 is 19.4 Å². The topological polar surface area (TPSA) is 70.1 Å². The summed E-state index contributed by atoms with van der Waals surface area (Å²) < 4.78 is 5.32. The molecule has 3 rings (SSSR count). The molecule has 1 amide bonds. The molecule has 0 bridgehead atoms. The molecule has 6 heteroatoms. The van der Waals surface area contributed by atoms with Crippen molar-refractivity contribution in [2.24, 2.45) is 11.3 Å². The van der Waals surface area contributed by atoms with Crippen molar-refractivity contribution in [3.8, 4) is 5.75 Å². The number of carbonyl (C=O) groups excluding carboxylic acids is 1. The fraction of sp³-hybridized carbons (Fsp3) is 0.400. The standard InChI is InChI=1S/C20H24N2O4/c1-3-10-22-14-20(19(24)25)13-21(12-16(20)18(22)23)11-6-8-15-7-4-5-9-17(15)26-2/h3-9,16H,1,10-14H2,2H3,(H,24,25)/t16-,20-/m0/s1. The second-order valence-corrected chi connectivity index (χ2v) is 6.86. The number of benzene rings is 1. The summed E-state index contributed by atoms with van der Waals surface area (Å²) in [5.41, 5.74) is -0.0474. The Labute approximate surface area is 153 Å². The summed E-state index contributed by atoms with van der Waals surface area (Å²) in [6.07, 6.45) is 5.59. The van der Waals surface area contributed by atoms with E-state index in [1.807, 2.05) is 41.3 Å². The van der Waals surface area contributed by atoms with Crippen LogP contribution in [0.1, 0.15) is 5.56 Å². The van der Waals surface area contributed by atoms with Crippen LogP contribution in [0, 0.1) is 11.3 Å². The number of methoxy groups -OCH3 is 1. The predicted octanol–water partition coefficient (Wildman–Crippen LogP) is 1.74. The van der Waals surface area contributed by atoms with Crippen molar-refractivity contribution in [1.82, 2.24) is 9.80 Å². The van der Waals surface area contributed by atoms with E-state index in [9.17, 15) is 14.7 Å². The summed E-state index contributed by atoms with van der Waals surface area (Å²) in [5.74, 6) is -0.666. The number of amides is 1. The van der Waals surface area contributed by atoms with Gasteiger partial charge in [-0.2, -0.15) is 0 Å². The summed E-state index contributed by atoms with van der Waals surface area (Å²) in [4.78, 5) is 28.2. The van der Waals surface area contributed by atoms with Gasteiger partial charge in [-0.15, -0.1) is 6.58 Å². The average molecular weight is 356 g/mol. The number of aliphatic carboxylic acids is 1. The van der Waals surface area contributed by atoms with Crippen LogP contribution in [0.4, 0.5) is 0 Å². The third-order valence-corrected chi connectivity index (χ3v) is 5.27. The van der Waals surface area contributed by atoms with E-state index in [2.05, 4.69) is 6.58 Å². The van der Waals surface area contributed by atoms with Gasteiger partial charge in [0.1, 0.15) is 11.2 Å². The van der Waals surface area contributed by atoms with Gasteiger partial charge < -0.3 is 14.7 Å². The summed E-state index contributed by atoms with van der Waals surface area (Å²) in [7, 11) is 1.63. The number of likely N-dealkylation sites (tertiary alicyclic amines) is 2. The lowest BCUT2D eigenvalue weighted by atomic mass is 9.81. The van der Waals surface area contributed by atoms with Crippen molar-refractivity contribution in [3.05, 3.63) is 48.6 Å². The Morgan fingerprint density at radius 3 is 2.81 bits per heavy atom. The fourth-order valence-corrected chi connectivity index (χ4v) is 3.99. The molecule has 6 nitrogen and oxygen atoms in total. The summed E-state index contributed by atoms with van der Waals surface area (Å²) in [6.45, 7) is 5.74. The molecule has 0 saturated carbocycles. The van der Waals surface area contributed by atoms with Gasteiger partial charge in [0, 0.05) is 38.3 Å². The van der Waals surface area contributed by atoms with Gasteiger partial charge in [0.15, 0.2) is 0 Å². The molecule has 0 aliphatic carbocycles. The second kappa shape index (κ2) is 7.33. The lowest BCUT2D eigenvalue weighted by Crippen LogP contribution is -2.41. The molecule has 2 heterocycles. The van der Waals surface area contributed by atoms with Gasteiger partial charge in [0.05, 0.1) is 13.0 Å². The lowest BCUT2D eigenvalue weighted by Gasteiger charge is -2.24. The molecule has 0 spiro atoms. The van der Waals surface area contributed by atoms with Crippen LogP contribution in [0.5, 0.6) is 5.75 Å².